The first-order valence-corrected chi connectivity index (χ1v) is 5.50. The van der Waals surface area contributed by atoms with Crippen molar-refractivity contribution in [2.45, 2.75) is 26.3 Å². The van der Waals surface area contributed by atoms with Crippen LogP contribution in [0.4, 0.5) is 0 Å². The van der Waals surface area contributed by atoms with Crippen LogP contribution >= 0.6 is 11.6 Å². The number of hydrogen-bond acceptors (Lipinski definition) is 2. The van der Waals surface area contributed by atoms with E-state index in [4.69, 9.17) is 22.1 Å². The summed E-state index contributed by atoms with van der Waals surface area (Å²) in [6.07, 6.45) is 0.890. The molecule has 0 amide bonds. The van der Waals surface area contributed by atoms with Crippen LogP contribution < -0.4 is 10.5 Å². The number of ether oxygens (including phenoxy) is 1. The summed E-state index contributed by atoms with van der Waals surface area (Å²) < 4.78 is 5.28. The molecule has 3 heteroatoms. The molecule has 0 aromatic heterocycles. The van der Waals surface area contributed by atoms with Gasteiger partial charge in [-0.15, -0.1) is 0 Å². The first-order chi connectivity index (χ1) is 7.04. The van der Waals surface area contributed by atoms with E-state index in [-0.39, 0.29) is 6.04 Å². The van der Waals surface area contributed by atoms with Gasteiger partial charge in [0.2, 0.25) is 0 Å². The van der Waals surface area contributed by atoms with E-state index < -0.39 is 0 Å². The zero-order chi connectivity index (χ0) is 11.4. The number of hydrogen-bond donors (Lipinski definition) is 1. The van der Waals surface area contributed by atoms with E-state index in [0.717, 1.165) is 22.8 Å². The third kappa shape index (κ3) is 3.40. The molecule has 0 saturated carbocycles. The Morgan fingerprint density at radius 1 is 1.40 bits per heavy atom. The van der Waals surface area contributed by atoms with Gasteiger partial charge in [0.25, 0.3) is 0 Å². The Morgan fingerprint density at radius 2 is 2.07 bits per heavy atom. The van der Waals surface area contributed by atoms with E-state index >= 15 is 0 Å². The van der Waals surface area contributed by atoms with Crippen molar-refractivity contribution < 1.29 is 4.74 Å². The summed E-state index contributed by atoms with van der Waals surface area (Å²) in [6.45, 7) is 4.15. The summed E-state index contributed by atoms with van der Waals surface area (Å²) >= 11 is 5.95. The highest BCUT2D eigenvalue weighted by Gasteiger charge is 2.12. The molecule has 1 rings (SSSR count). The number of nitrogens with two attached hydrogens (primary N) is 1. The summed E-state index contributed by atoms with van der Waals surface area (Å²) in [6, 6.07) is 5.85. The van der Waals surface area contributed by atoms with Crippen LogP contribution in [-0.2, 0) is 6.42 Å². The highest BCUT2D eigenvalue weighted by molar-refractivity contribution is 6.30. The van der Waals surface area contributed by atoms with Gasteiger partial charge < -0.3 is 10.5 Å². The molecule has 0 saturated heterocycles. The van der Waals surface area contributed by atoms with Crippen LogP contribution in [0.25, 0.3) is 0 Å². The molecule has 0 bridgehead atoms. The Kier molecular flexibility index (Phi) is 4.43. The van der Waals surface area contributed by atoms with Gasteiger partial charge in [-0.1, -0.05) is 18.5 Å². The van der Waals surface area contributed by atoms with Gasteiger partial charge in [-0.25, -0.2) is 0 Å². The lowest BCUT2D eigenvalue weighted by molar-refractivity contribution is 0.400. The van der Waals surface area contributed by atoms with E-state index in [1.54, 1.807) is 7.11 Å². The van der Waals surface area contributed by atoms with Crippen LogP contribution in [0.2, 0.25) is 5.02 Å². The van der Waals surface area contributed by atoms with Crippen LogP contribution in [0, 0.1) is 5.92 Å². The lowest BCUT2D eigenvalue weighted by Crippen LogP contribution is -2.25. The molecule has 0 heterocycles. The number of benzene rings is 1. The Bertz CT molecular complexity index is 325. The average Bonchev–Trinajstić information content (AvgIpc) is 2.18. The Hall–Kier alpha value is -0.730. The van der Waals surface area contributed by atoms with E-state index in [9.17, 15) is 0 Å². The van der Waals surface area contributed by atoms with Crippen LogP contribution in [0.5, 0.6) is 5.75 Å². The molecule has 2 nitrogen and oxygen atoms in total. The fourth-order valence-corrected chi connectivity index (χ4v) is 1.63. The summed E-state index contributed by atoms with van der Waals surface area (Å²) in [4.78, 5) is 0. The third-order valence-electron chi connectivity index (χ3n) is 2.68. The lowest BCUT2D eigenvalue weighted by atomic mass is 9.95. The second kappa shape index (κ2) is 5.38. The van der Waals surface area contributed by atoms with Crippen molar-refractivity contribution in [3.63, 3.8) is 0 Å². The van der Waals surface area contributed by atoms with Crippen molar-refractivity contribution in [2.24, 2.45) is 11.7 Å². The quantitative estimate of drug-likeness (QED) is 0.859. The molecule has 0 radical (unpaired) electrons. The normalized spacial score (nSPS) is 14.7. The van der Waals surface area contributed by atoms with Gasteiger partial charge >= 0.3 is 0 Å². The topological polar surface area (TPSA) is 35.2 Å². The monoisotopic (exact) mass is 227 g/mol. The Balaban J connectivity index is 2.87. The van der Waals surface area contributed by atoms with Gasteiger partial charge in [0.05, 0.1) is 7.11 Å². The number of methoxy groups -OCH3 is 1. The molecular formula is C12H18ClNO. The number of rotatable bonds is 4. The minimum Gasteiger partial charge on any atom is -0.496 e. The van der Waals surface area contributed by atoms with Crippen molar-refractivity contribution >= 4 is 11.6 Å². The summed E-state index contributed by atoms with van der Waals surface area (Å²) in [5, 5.41) is 0.739. The molecule has 1 aromatic carbocycles. The van der Waals surface area contributed by atoms with Crippen LogP contribution in [-0.4, -0.2) is 13.2 Å². The molecule has 0 spiro atoms. The second-order valence-corrected chi connectivity index (χ2v) is 4.43. The van der Waals surface area contributed by atoms with E-state index in [1.165, 1.54) is 0 Å². The minimum absolute atomic E-state index is 0.175. The van der Waals surface area contributed by atoms with Gasteiger partial charge in [0.15, 0.2) is 0 Å². The molecule has 0 fully saturated rings. The molecular weight excluding hydrogens is 210 g/mol. The zero-order valence-electron chi connectivity index (χ0n) is 9.46. The van der Waals surface area contributed by atoms with Crippen molar-refractivity contribution in [3.8, 4) is 5.75 Å². The molecule has 2 N–H and O–H groups in total. The summed E-state index contributed by atoms with van der Waals surface area (Å²) in [5.41, 5.74) is 6.96. The maximum atomic E-state index is 5.95. The SMILES string of the molecule is COc1ccc(Cl)cc1CC(C)C(C)N. The zero-order valence-corrected chi connectivity index (χ0v) is 10.2. The fraction of sp³-hybridized carbons (Fsp3) is 0.500. The van der Waals surface area contributed by atoms with Crippen LogP contribution in [0.3, 0.4) is 0 Å². The highest BCUT2D eigenvalue weighted by atomic mass is 35.5. The molecule has 1 aromatic rings. The van der Waals surface area contributed by atoms with Gasteiger partial charge in [-0.3, -0.25) is 0 Å². The Morgan fingerprint density at radius 3 is 2.60 bits per heavy atom. The van der Waals surface area contributed by atoms with Crippen molar-refractivity contribution in [2.75, 3.05) is 7.11 Å². The summed E-state index contributed by atoms with van der Waals surface area (Å²) in [5.74, 6) is 1.30. The number of halogens is 1. The fourth-order valence-electron chi connectivity index (χ4n) is 1.44. The second-order valence-electron chi connectivity index (χ2n) is 4.00. The third-order valence-corrected chi connectivity index (χ3v) is 2.92. The first kappa shape index (κ1) is 12.3. The van der Waals surface area contributed by atoms with Crippen molar-refractivity contribution in [1.29, 1.82) is 0 Å². The predicted molar refractivity (Wildman–Crippen MR) is 64.5 cm³/mol. The lowest BCUT2D eigenvalue weighted by Gasteiger charge is -2.17. The van der Waals surface area contributed by atoms with Gasteiger partial charge in [0, 0.05) is 11.1 Å². The molecule has 15 heavy (non-hydrogen) atoms. The molecule has 0 aliphatic carbocycles. The van der Waals surface area contributed by atoms with E-state index in [1.807, 2.05) is 25.1 Å². The summed E-state index contributed by atoms with van der Waals surface area (Å²) in [7, 11) is 1.67. The predicted octanol–water partition coefficient (Wildman–Crippen LogP) is 2.87. The van der Waals surface area contributed by atoms with Crippen molar-refractivity contribution in [3.05, 3.63) is 28.8 Å². The maximum absolute atomic E-state index is 5.95. The molecule has 0 aliphatic heterocycles. The van der Waals surface area contributed by atoms with Gasteiger partial charge in [0.1, 0.15) is 5.75 Å². The molecule has 0 aliphatic rings. The average molecular weight is 228 g/mol. The first-order valence-electron chi connectivity index (χ1n) is 5.12. The van der Waals surface area contributed by atoms with Crippen molar-refractivity contribution in [1.82, 2.24) is 0 Å². The molecule has 84 valence electrons. The standard InChI is InChI=1S/C12H18ClNO/c1-8(9(2)14)6-10-7-11(13)4-5-12(10)15-3/h4-5,7-9H,6,14H2,1-3H3. The molecule has 2 atom stereocenters. The van der Waals surface area contributed by atoms with Gasteiger partial charge in [-0.05, 0) is 43.0 Å². The molecule has 2 unspecified atom stereocenters. The van der Waals surface area contributed by atoms with E-state index in [0.29, 0.717) is 5.92 Å². The smallest absolute Gasteiger partial charge is 0.122 e. The maximum Gasteiger partial charge on any atom is 0.122 e. The Labute approximate surface area is 96.4 Å². The van der Waals surface area contributed by atoms with E-state index in [2.05, 4.69) is 6.92 Å². The van der Waals surface area contributed by atoms with Crippen LogP contribution in [0.15, 0.2) is 18.2 Å². The largest absolute Gasteiger partial charge is 0.496 e. The van der Waals surface area contributed by atoms with Gasteiger partial charge in [-0.2, -0.15) is 0 Å². The minimum atomic E-state index is 0.175. The van der Waals surface area contributed by atoms with Crippen LogP contribution in [0.1, 0.15) is 19.4 Å². The highest BCUT2D eigenvalue weighted by Crippen LogP contribution is 2.25.